The van der Waals surface area contributed by atoms with Gasteiger partial charge in [0.15, 0.2) is 17.2 Å². The van der Waals surface area contributed by atoms with Crippen LogP contribution >= 0.6 is 0 Å². The fraction of sp³-hybridized carbons (Fsp3) is 0.762. The molecule has 9 heteroatoms. The molecule has 0 amide bonds. The van der Waals surface area contributed by atoms with Crippen molar-refractivity contribution >= 4 is 11.6 Å². The number of aliphatic hydroxyl groups excluding tert-OH is 2. The van der Waals surface area contributed by atoms with Gasteiger partial charge in [0, 0.05) is 37.0 Å². The van der Waals surface area contributed by atoms with Gasteiger partial charge in [0.05, 0.1) is 25.4 Å². The molecule has 2 bridgehead atoms. The van der Waals surface area contributed by atoms with E-state index in [1.54, 1.807) is 13.2 Å². The van der Waals surface area contributed by atoms with Crippen LogP contribution in [-0.4, -0.2) is 93.5 Å². The molecule has 12 atom stereocenters. The zero-order valence-electron chi connectivity index (χ0n) is 32.2. The van der Waals surface area contributed by atoms with Crippen LogP contribution in [0.2, 0.25) is 0 Å². The van der Waals surface area contributed by atoms with Crippen molar-refractivity contribution < 1.29 is 44.6 Å². The van der Waals surface area contributed by atoms with Gasteiger partial charge in [-0.1, -0.05) is 65.7 Å². The van der Waals surface area contributed by atoms with E-state index < -0.39 is 52.0 Å². The lowest BCUT2D eigenvalue weighted by Crippen LogP contribution is -2.46. The largest absolute Gasteiger partial charge is 0.392 e. The van der Waals surface area contributed by atoms with Gasteiger partial charge in [0.1, 0.15) is 11.2 Å². The van der Waals surface area contributed by atoms with Crippen LogP contribution in [0.25, 0.3) is 0 Å². The number of hydrogen-bond donors (Lipinski definition) is 5. The van der Waals surface area contributed by atoms with Gasteiger partial charge in [0.25, 0.3) is 0 Å². The summed E-state index contributed by atoms with van der Waals surface area (Å²) in [4.78, 5) is 29.6. The SMILES string of the molecule is COC[C@@]1(O)CC[C@@H]2C1=C[C@@]1(O)C(=O)C(C(C)C)=C(C[C@H](O)[C@@H]2C)[C@H]1C[C@H]1C(=O)C(C(C)C)=C2C[C@H](O)[C@H](C)[C@@H]3CC[C@](O)(COC)C3=C[C@]21C. The Morgan fingerprint density at radius 1 is 0.765 bits per heavy atom. The van der Waals surface area contributed by atoms with E-state index in [-0.39, 0.29) is 67.3 Å². The molecule has 0 aliphatic heterocycles. The smallest absolute Gasteiger partial charge is 0.195 e. The molecule has 6 aliphatic carbocycles. The van der Waals surface area contributed by atoms with E-state index in [2.05, 4.69) is 6.08 Å². The van der Waals surface area contributed by atoms with Gasteiger partial charge in [-0.2, -0.15) is 0 Å². The van der Waals surface area contributed by atoms with Crippen LogP contribution in [-0.2, 0) is 19.1 Å². The van der Waals surface area contributed by atoms with Crippen molar-refractivity contribution in [2.24, 2.45) is 52.8 Å². The molecular formula is C42H62O9. The van der Waals surface area contributed by atoms with E-state index in [1.807, 2.05) is 48.5 Å². The quantitative estimate of drug-likeness (QED) is 0.227. The molecule has 0 aromatic heterocycles. The maximum Gasteiger partial charge on any atom is 0.195 e. The first-order chi connectivity index (χ1) is 23.8. The first kappa shape index (κ1) is 38.7. The Kier molecular flexibility index (Phi) is 10.2. The number of aliphatic hydroxyl groups is 5. The standard InChI is InChI=1S/C42H62O9/c1-21(2)35-27-14-33(43)23(5)26-11-13-41(48,20-51-9)32(26)18-42(49,38(35)46)28(27)15-30-37(45)36(22(3)4)29-16-34(44)24(6)25-10-12-40(47,19-50-8)31(25)17-39(29,30)7/h17-18,21-26,28,30,33-34,43-44,47-49H,10-16,19-20H2,1-9H3/t23-,24-,25+,26+,28-,30+,33+,34+,39-,40+,41+,42+/m1/s1. The molecule has 5 N–H and O–H groups in total. The molecule has 0 aromatic carbocycles. The Hall–Kier alpha value is -1.98. The molecule has 0 aromatic rings. The predicted molar refractivity (Wildman–Crippen MR) is 193 cm³/mol. The number of ketones is 2. The second kappa shape index (κ2) is 13.4. The molecule has 0 unspecified atom stereocenters. The normalized spacial score (nSPS) is 44.2. The second-order valence-corrected chi connectivity index (χ2v) is 18.0. The predicted octanol–water partition coefficient (Wildman–Crippen LogP) is 4.65. The van der Waals surface area contributed by atoms with E-state index in [4.69, 9.17) is 9.47 Å². The number of Topliss-reactive ketones (excluding diaryl/α,β-unsaturated/α-hetero) is 2. The summed E-state index contributed by atoms with van der Waals surface area (Å²) in [5.74, 6) is -3.22. The minimum atomic E-state index is -2.05. The summed E-state index contributed by atoms with van der Waals surface area (Å²) < 4.78 is 11.0. The fourth-order valence-electron chi connectivity index (χ4n) is 11.5. The zero-order valence-corrected chi connectivity index (χ0v) is 32.2. The van der Waals surface area contributed by atoms with Gasteiger partial charge in [0.2, 0.25) is 0 Å². The van der Waals surface area contributed by atoms with Crippen LogP contribution in [0.1, 0.15) is 93.4 Å². The van der Waals surface area contributed by atoms with E-state index in [9.17, 15) is 35.1 Å². The van der Waals surface area contributed by atoms with Crippen molar-refractivity contribution in [2.45, 2.75) is 122 Å². The average Bonchev–Trinajstić information content (AvgIpc) is 3.66. The third-order valence-electron chi connectivity index (χ3n) is 14.3. The first-order valence-electron chi connectivity index (χ1n) is 19.3. The number of rotatable bonds is 8. The highest BCUT2D eigenvalue weighted by Gasteiger charge is 2.61. The van der Waals surface area contributed by atoms with Crippen LogP contribution in [0.4, 0.5) is 0 Å². The number of hydrogen-bond acceptors (Lipinski definition) is 9. The summed E-state index contributed by atoms with van der Waals surface area (Å²) in [6.45, 7) is 13.9. The molecular weight excluding hydrogens is 648 g/mol. The van der Waals surface area contributed by atoms with Crippen LogP contribution in [0, 0.1) is 52.8 Å². The van der Waals surface area contributed by atoms with Crippen molar-refractivity contribution in [1.29, 1.82) is 0 Å². The van der Waals surface area contributed by atoms with Crippen LogP contribution in [0.3, 0.4) is 0 Å². The van der Waals surface area contributed by atoms with E-state index in [0.29, 0.717) is 54.4 Å². The summed E-state index contributed by atoms with van der Waals surface area (Å²) in [6.07, 6.45) is 4.84. The average molecular weight is 711 g/mol. The number of fused-ring (bicyclic) bond motifs is 5. The van der Waals surface area contributed by atoms with Crippen molar-refractivity contribution in [3.8, 4) is 0 Å². The molecule has 284 valence electrons. The topological polar surface area (TPSA) is 154 Å². The zero-order chi connectivity index (χ0) is 37.6. The van der Waals surface area contributed by atoms with Gasteiger partial charge in [-0.3, -0.25) is 9.59 Å². The summed E-state index contributed by atoms with van der Waals surface area (Å²) in [5.41, 5.74) is -1.64. The highest BCUT2D eigenvalue weighted by molar-refractivity contribution is 6.08. The summed E-state index contributed by atoms with van der Waals surface area (Å²) in [5, 5.41) is 60.5. The maximum absolute atomic E-state index is 15.0. The number of carbonyl (C=O) groups excluding carboxylic acids is 2. The highest BCUT2D eigenvalue weighted by atomic mass is 16.5. The Bertz CT molecular complexity index is 1570. The molecule has 6 rings (SSSR count). The Balaban J connectivity index is 1.57. The van der Waals surface area contributed by atoms with Crippen molar-refractivity contribution in [3.05, 3.63) is 45.6 Å². The number of allylic oxidation sites excluding steroid dienone is 2. The van der Waals surface area contributed by atoms with Crippen molar-refractivity contribution in [2.75, 3.05) is 27.4 Å². The van der Waals surface area contributed by atoms with E-state index >= 15 is 0 Å². The Morgan fingerprint density at radius 2 is 1.25 bits per heavy atom. The van der Waals surface area contributed by atoms with Gasteiger partial charge in [-0.15, -0.1) is 0 Å². The minimum absolute atomic E-state index is 0.00547. The lowest BCUT2D eigenvalue weighted by Gasteiger charge is -2.42. The molecule has 2 saturated carbocycles. The third-order valence-corrected chi connectivity index (χ3v) is 14.3. The second-order valence-electron chi connectivity index (χ2n) is 18.0. The molecule has 51 heavy (non-hydrogen) atoms. The molecule has 0 spiro atoms. The van der Waals surface area contributed by atoms with E-state index in [1.165, 1.54) is 7.11 Å². The summed E-state index contributed by atoms with van der Waals surface area (Å²) in [7, 11) is 3.08. The highest BCUT2D eigenvalue weighted by Crippen LogP contribution is 2.61. The van der Waals surface area contributed by atoms with Crippen LogP contribution in [0.5, 0.6) is 0 Å². The summed E-state index contributed by atoms with van der Waals surface area (Å²) >= 11 is 0. The minimum Gasteiger partial charge on any atom is -0.392 e. The van der Waals surface area contributed by atoms with E-state index in [0.717, 1.165) is 11.1 Å². The van der Waals surface area contributed by atoms with Gasteiger partial charge in [-0.05, 0) is 103 Å². The van der Waals surface area contributed by atoms with Crippen LogP contribution < -0.4 is 0 Å². The van der Waals surface area contributed by atoms with Gasteiger partial charge >= 0.3 is 0 Å². The molecule has 6 aliphatic rings. The number of carbonyl (C=O) groups is 2. The lowest BCUT2D eigenvalue weighted by molar-refractivity contribution is -0.132. The van der Waals surface area contributed by atoms with Gasteiger partial charge in [-0.25, -0.2) is 0 Å². The lowest BCUT2D eigenvalue weighted by atomic mass is 9.63. The molecule has 0 saturated heterocycles. The Morgan fingerprint density at radius 3 is 1.75 bits per heavy atom. The van der Waals surface area contributed by atoms with Crippen LogP contribution in [0.15, 0.2) is 45.6 Å². The fourth-order valence-corrected chi connectivity index (χ4v) is 11.5. The number of methoxy groups -OCH3 is 2. The maximum atomic E-state index is 15.0. The van der Waals surface area contributed by atoms with Gasteiger partial charge < -0.3 is 35.0 Å². The van der Waals surface area contributed by atoms with Crippen molar-refractivity contribution in [1.82, 2.24) is 0 Å². The molecule has 9 nitrogen and oxygen atoms in total. The molecule has 2 fully saturated rings. The Labute approximate surface area is 303 Å². The molecule has 0 radical (unpaired) electrons. The third kappa shape index (κ3) is 5.83. The molecule has 0 heterocycles. The number of ether oxygens (including phenoxy) is 2. The summed E-state index contributed by atoms with van der Waals surface area (Å²) in [6, 6.07) is 0. The monoisotopic (exact) mass is 710 g/mol. The van der Waals surface area contributed by atoms with Crippen molar-refractivity contribution in [3.63, 3.8) is 0 Å². The first-order valence-corrected chi connectivity index (χ1v) is 19.3.